The minimum atomic E-state index is -0.204. The topological polar surface area (TPSA) is 52.8 Å². The highest BCUT2D eigenvalue weighted by Gasteiger charge is 2.54. The maximum atomic E-state index is 10.4. The van der Waals surface area contributed by atoms with Gasteiger partial charge in [-0.15, -0.1) is 5.16 Å². The van der Waals surface area contributed by atoms with Crippen LogP contribution in [0.25, 0.3) is 0 Å². The average Bonchev–Trinajstić information content (AvgIpc) is 2.79. The van der Waals surface area contributed by atoms with Crippen molar-refractivity contribution in [2.75, 3.05) is 0 Å². The molecule has 21 heavy (non-hydrogen) atoms. The van der Waals surface area contributed by atoms with Crippen molar-refractivity contribution in [3.8, 4) is 0 Å². The molecule has 0 aromatic rings. The lowest BCUT2D eigenvalue weighted by molar-refractivity contribution is 0.00266. The van der Waals surface area contributed by atoms with E-state index in [1.165, 1.54) is 25.7 Å². The first-order chi connectivity index (χ1) is 10.0. The average molecular weight is 295 g/mol. The van der Waals surface area contributed by atoms with E-state index >= 15 is 0 Å². The van der Waals surface area contributed by atoms with Gasteiger partial charge in [0.25, 0.3) is 0 Å². The zero-order valence-electron chi connectivity index (χ0n) is 14.0. The largest absolute Gasteiger partial charge is 0.411 e. The molecule has 0 bridgehead atoms. The number of hydrogen-bond acceptors (Lipinski definition) is 3. The monoisotopic (exact) mass is 295 g/mol. The van der Waals surface area contributed by atoms with Gasteiger partial charge >= 0.3 is 0 Å². The molecular formula is C18H33NO2. The highest BCUT2D eigenvalue weighted by atomic mass is 16.4. The van der Waals surface area contributed by atoms with Gasteiger partial charge in [0, 0.05) is 5.41 Å². The Labute approximate surface area is 129 Å². The predicted octanol–water partition coefficient (Wildman–Crippen LogP) is 4.47. The number of hydrogen-bond donors (Lipinski definition) is 2. The van der Waals surface area contributed by atoms with Crippen molar-refractivity contribution in [1.82, 2.24) is 0 Å². The summed E-state index contributed by atoms with van der Waals surface area (Å²) in [6.07, 6.45) is 10.7. The van der Waals surface area contributed by atoms with Gasteiger partial charge in [0.2, 0.25) is 0 Å². The lowest BCUT2D eigenvalue weighted by Gasteiger charge is -2.44. The molecule has 0 heterocycles. The molecule has 5 atom stereocenters. The van der Waals surface area contributed by atoms with Gasteiger partial charge in [-0.05, 0) is 55.8 Å². The third-order valence-electron chi connectivity index (χ3n) is 6.17. The summed E-state index contributed by atoms with van der Waals surface area (Å²) in [7, 11) is 0. The van der Waals surface area contributed by atoms with Gasteiger partial charge in [-0.3, -0.25) is 0 Å². The van der Waals surface area contributed by atoms with Crippen molar-refractivity contribution in [3.05, 3.63) is 0 Å². The summed E-state index contributed by atoms with van der Waals surface area (Å²) < 4.78 is 0. The van der Waals surface area contributed by atoms with Crippen LogP contribution in [0.1, 0.15) is 72.1 Å². The second-order valence-electron chi connectivity index (χ2n) is 7.91. The SMILES string of the molecule is CC(C)CCC[C@H](C)[C@H]1CC[C@H]2[C@@H](O)CCC[C@]12/C=N/O. The van der Waals surface area contributed by atoms with Crippen LogP contribution >= 0.6 is 0 Å². The zero-order chi connectivity index (χ0) is 15.5. The number of fused-ring (bicyclic) bond motifs is 1. The molecule has 3 heteroatoms. The van der Waals surface area contributed by atoms with Crippen molar-refractivity contribution in [1.29, 1.82) is 0 Å². The minimum absolute atomic E-state index is 0.0519. The Morgan fingerprint density at radius 2 is 1.95 bits per heavy atom. The van der Waals surface area contributed by atoms with E-state index in [9.17, 15) is 10.3 Å². The Morgan fingerprint density at radius 1 is 1.19 bits per heavy atom. The molecule has 0 aromatic carbocycles. The molecule has 2 aliphatic carbocycles. The molecule has 0 unspecified atom stereocenters. The molecule has 2 N–H and O–H groups in total. The lowest BCUT2D eigenvalue weighted by Crippen LogP contribution is -2.44. The number of rotatable bonds is 6. The van der Waals surface area contributed by atoms with E-state index in [0.717, 1.165) is 31.6 Å². The summed E-state index contributed by atoms with van der Waals surface area (Å²) in [6.45, 7) is 6.93. The van der Waals surface area contributed by atoms with E-state index in [0.29, 0.717) is 17.8 Å². The normalized spacial score (nSPS) is 38.0. The number of nitrogens with zero attached hydrogens (tertiary/aromatic N) is 1. The molecular weight excluding hydrogens is 262 g/mol. The first-order valence-corrected chi connectivity index (χ1v) is 8.88. The molecule has 0 amide bonds. The standard InChI is InChI=1S/C18H33NO2/c1-13(2)6-4-7-14(3)15-9-10-16-17(20)8-5-11-18(15,16)12-19-21/h12-17,20-21H,4-11H2,1-3H3/b19-12+/t14-,15+,16-,17-,18-/m0/s1. The minimum Gasteiger partial charge on any atom is -0.411 e. The molecule has 0 aliphatic heterocycles. The van der Waals surface area contributed by atoms with E-state index in [2.05, 4.69) is 25.9 Å². The van der Waals surface area contributed by atoms with Gasteiger partial charge < -0.3 is 10.3 Å². The third kappa shape index (κ3) is 3.44. The van der Waals surface area contributed by atoms with Crippen molar-refractivity contribution in [3.63, 3.8) is 0 Å². The second kappa shape index (κ2) is 7.13. The molecule has 2 saturated carbocycles. The Morgan fingerprint density at radius 3 is 2.62 bits per heavy atom. The van der Waals surface area contributed by atoms with Crippen molar-refractivity contribution in [2.24, 2.45) is 34.2 Å². The molecule has 0 saturated heterocycles. The summed E-state index contributed by atoms with van der Waals surface area (Å²) >= 11 is 0. The van der Waals surface area contributed by atoms with E-state index in [4.69, 9.17) is 0 Å². The van der Waals surface area contributed by atoms with Gasteiger partial charge in [0.05, 0.1) is 12.3 Å². The van der Waals surface area contributed by atoms with Crippen LogP contribution in [0.5, 0.6) is 0 Å². The molecule has 2 aliphatic rings. The Bertz CT molecular complexity index is 355. The fourth-order valence-corrected chi connectivity index (χ4v) is 5.14. The fraction of sp³-hybridized carbons (Fsp3) is 0.944. The van der Waals surface area contributed by atoms with Crippen LogP contribution in [0.15, 0.2) is 5.16 Å². The highest BCUT2D eigenvalue weighted by molar-refractivity contribution is 5.67. The molecule has 3 nitrogen and oxygen atoms in total. The molecule has 0 radical (unpaired) electrons. The van der Waals surface area contributed by atoms with Gasteiger partial charge in [-0.25, -0.2) is 0 Å². The molecule has 0 aromatic heterocycles. The van der Waals surface area contributed by atoms with Crippen LogP contribution in [0, 0.1) is 29.1 Å². The maximum Gasteiger partial charge on any atom is 0.0577 e. The van der Waals surface area contributed by atoms with Crippen molar-refractivity contribution in [2.45, 2.75) is 78.2 Å². The van der Waals surface area contributed by atoms with Crippen LogP contribution in [-0.4, -0.2) is 22.6 Å². The second-order valence-corrected chi connectivity index (χ2v) is 7.91. The third-order valence-corrected chi connectivity index (χ3v) is 6.17. The first-order valence-electron chi connectivity index (χ1n) is 8.88. The van der Waals surface area contributed by atoms with E-state index in [1.54, 1.807) is 6.21 Å². The highest BCUT2D eigenvalue weighted by Crippen LogP contribution is 2.57. The van der Waals surface area contributed by atoms with E-state index in [1.807, 2.05) is 0 Å². The molecule has 0 spiro atoms. The van der Waals surface area contributed by atoms with Crippen LogP contribution in [0.4, 0.5) is 0 Å². The van der Waals surface area contributed by atoms with Gasteiger partial charge in [0.15, 0.2) is 0 Å². The van der Waals surface area contributed by atoms with Gasteiger partial charge in [0.1, 0.15) is 0 Å². The summed E-state index contributed by atoms with van der Waals surface area (Å²) in [5.41, 5.74) is -0.0519. The quantitative estimate of drug-likeness (QED) is 0.431. The number of aliphatic hydroxyl groups excluding tert-OH is 1. The van der Waals surface area contributed by atoms with Gasteiger partial charge in [-0.2, -0.15) is 0 Å². The summed E-state index contributed by atoms with van der Waals surface area (Å²) in [4.78, 5) is 0. The molecule has 122 valence electrons. The van der Waals surface area contributed by atoms with Crippen molar-refractivity contribution < 1.29 is 10.3 Å². The molecule has 2 fully saturated rings. The van der Waals surface area contributed by atoms with E-state index in [-0.39, 0.29) is 11.5 Å². The number of oxime groups is 1. The molecule has 2 rings (SSSR count). The maximum absolute atomic E-state index is 10.4. The summed E-state index contributed by atoms with van der Waals surface area (Å²) in [5, 5.41) is 23.0. The zero-order valence-corrected chi connectivity index (χ0v) is 14.0. The van der Waals surface area contributed by atoms with Crippen LogP contribution in [0.3, 0.4) is 0 Å². The first kappa shape index (κ1) is 16.8. The van der Waals surface area contributed by atoms with Crippen LogP contribution < -0.4 is 0 Å². The van der Waals surface area contributed by atoms with Crippen molar-refractivity contribution >= 4 is 6.21 Å². The van der Waals surface area contributed by atoms with Crippen LogP contribution in [-0.2, 0) is 0 Å². The smallest absolute Gasteiger partial charge is 0.0577 e. The lowest BCUT2D eigenvalue weighted by atomic mass is 9.61. The Kier molecular flexibility index (Phi) is 5.70. The van der Waals surface area contributed by atoms with E-state index < -0.39 is 0 Å². The summed E-state index contributed by atoms with van der Waals surface area (Å²) in [5.74, 6) is 2.30. The van der Waals surface area contributed by atoms with Crippen LogP contribution in [0.2, 0.25) is 0 Å². The Hall–Kier alpha value is -0.570. The fourth-order valence-electron chi connectivity index (χ4n) is 5.14. The number of aliphatic hydroxyl groups is 1. The Balaban J connectivity index is 2.07. The van der Waals surface area contributed by atoms with Gasteiger partial charge in [-0.1, -0.05) is 40.0 Å². The predicted molar refractivity (Wildman–Crippen MR) is 86.6 cm³/mol. The summed E-state index contributed by atoms with van der Waals surface area (Å²) in [6, 6.07) is 0.